The molecule has 1 aliphatic carbocycles. The standard InChI is InChI=1S/C10H17BrF3N/c1-2-5-15(6-8-3-4-8)7-9(11)10(12,13)14/h8-9H,2-7H2,1H3. The van der Waals surface area contributed by atoms with Gasteiger partial charge in [-0.3, -0.25) is 0 Å². The first kappa shape index (κ1) is 13.3. The summed E-state index contributed by atoms with van der Waals surface area (Å²) in [7, 11) is 0. The molecule has 90 valence electrons. The normalized spacial score (nSPS) is 19.6. The van der Waals surface area contributed by atoms with Crippen molar-refractivity contribution in [3.05, 3.63) is 0 Å². The first-order valence-electron chi connectivity index (χ1n) is 5.36. The highest BCUT2D eigenvalue weighted by atomic mass is 79.9. The first-order chi connectivity index (χ1) is 6.93. The lowest BCUT2D eigenvalue weighted by atomic mass is 10.3. The Morgan fingerprint density at radius 2 is 2.00 bits per heavy atom. The largest absolute Gasteiger partial charge is 0.402 e. The summed E-state index contributed by atoms with van der Waals surface area (Å²) < 4.78 is 37.0. The van der Waals surface area contributed by atoms with Crippen molar-refractivity contribution in [2.45, 2.75) is 37.2 Å². The van der Waals surface area contributed by atoms with Crippen LogP contribution in [0.2, 0.25) is 0 Å². The molecule has 0 saturated heterocycles. The molecule has 5 heteroatoms. The zero-order chi connectivity index (χ0) is 11.5. The molecule has 0 aromatic heterocycles. The van der Waals surface area contributed by atoms with E-state index in [4.69, 9.17) is 0 Å². The van der Waals surface area contributed by atoms with Gasteiger partial charge >= 0.3 is 6.18 Å². The molecule has 0 bridgehead atoms. The van der Waals surface area contributed by atoms with E-state index in [0.717, 1.165) is 19.5 Å². The van der Waals surface area contributed by atoms with Crippen LogP contribution in [0.3, 0.4) is 0 Å². The highest BCUT2D eigenvalue weighted by molar-refractivity contribution is 9.09. The van der Waals surface area contributed by atoms with E-state index in [9.17, 15) is 13.2 Å². The summed E-state index contributed by atoms with van der Waals surface area (Å²) in [6.07, 6.45) is -0.863. The molecule has 1 rings (SSSR count). The summed E-state index contributed by atoms with van der Waals surface area (Å²) >= 11 is 2.71. The fraction of sp³-hybridized carbons (Fsp3) is 1.00. The van der Waals surface area contributed by atoms with Gasteiger partial charge in [-0.2, -0.15) is 13.2 Å². The molecule has 0 amide bonds. The van der Waals surface area contributed by atoms with Gasteiger partial charge in [-0.1, -0.05) is 22.9 Å². The molecule has 0 aromatic rings. The van der Waals surface area contributed by atoms with Crippen LogP contribution in [0.4, 0.5) is 13.2 Å². The SMILES string of the molecule is CCCN(CC1CC1)CC(Br)C(F)(F)F. The van der Waals surface area contributed by atoms with Gasteiger partial charge in [-0.15, -0.1) is 0 Å². The van der Waals surface area contributed by atoms with Crippen molar-refractivity contribution in [1.82, 2.24) is 4.90 Å². The lowest BCUT2D eigenvalue weighted by Gasteiger charge is -2.25. The second-order valence-electron chi connectivity index (χ2n) is 4.21. The molecule has 0 heterocycles. The maximum atomic E-state index is 12.3. The topological polar surface area (TPSA) is 3.24 Å². The van der Waals surface area contributed by atoms with E-state index in [1.807, 2.05) is 11.8 Å². The molecule has 0 N–H and O–H groups in total. The van der Waals surface area contributed by atoms with E-state index in [1.165, 1.54) is 12.8 Å². The van der Waals surface area contributed by atoms with Crippen LogP contribution in [0.5, 0.6) is 0 Å². The summed E-state index contributed by atoms with van der Waals surface area (Å²) in [5, 5.41) is 0. The quantitative estimate of drug-likeness (QED) is 0.677. The van der Waals surface area contributed by atoms with E-state index >= 15 is 0 Å². The minimum atomic E-state index is -4.13. The Labute approximate surface area is 97.1 Å². The third kappa shape index (κ3) is 5.20. The Bertz CT molecular complexity index is 192. The lowest BCUT2D eigenvalue weighted by molar-refractivity contribution is -0.130. The lowest BCUT2D eigenvalue weighted by Crippen LogP contribution is -2.38. The van der Waals surface area contributed by atoms with Crippen molar-refractivity contribution in [2.75, 3.05) is 19.6 Å². The molecular weight excluding hydrogens is 271 g/mol. The highest BCUT2D eigenvalue weighted by Crippen LogP contribution is 2.31. The fourth-order valence-corrected chi connectivity index (χ4v) is 1.98. The van der Waals surface area contributed by atoms with Crippen LogP contribution >= 0.6 is 15.9 Å². The molecule has 1 saturated carbocycles. The van der Waals surface area contributed by atoms with E-state index in [0.29, 0.717) is 5.92 Å². The summed E-state index contributed by atoms with van der Waals surface area (Å²) in [6, 6.07) is 0. The zero-order valence-electron chi connectivity index (χ0n) is 8.86. The van der Waals surface area contributed by atoms with Gasteiger partial charge in [0.1, 0.15) is 4.83 Å². The van der Waals surface area contributed by atoms with Crippen LogP contribution in [0.25, 0.3) is 0 Å². The molecule has 1 unspecified atom stereocenters. The van der Waals surface area contributed by atoms with Crippen molar-refractivity contribution >= 4 is 15.9 Å². The summed E-state index contributed by atoms with van der Waals surface area (Å²) in [4.78, 5) is 0.528. The predicted molar refractivity (Wildman–Crippen MR) is 58.2 cm³/mol. The van der Waals surface area contributed by atoms with Gasteiger partial charge in [0.05, 0.1) is 0 Å². The molecule has 1 fully saturated rings. The number of hydrogen-bond acceptors (Lipinski definition) is 1. The maximum Gasteiger partial charge on any atom is 0.402 e. The van der Waals surface area contributed by atoms with Crippen molar-refractivity contribution in [1.29, 1.82) is 0 Å². The molecule has 1 aliphatic rings. The molecule has 0 aromatic carbocycles. The van der Waals surface area contributed by atoms with Gasteiger partial charge in [0, 0.05) is 13.1 Å². The fourth-order valence-electron chi connectivity index (χ4n) is 1.57. The molecule has 1 atom stereocenters. The predicted octanol–water partition coefficient (Wildman–Crippen LogP) is 3.43. The van der Waals surface area contributed by atoms with Crippen molar-refractivity contribution in [3.8, 4) is 0 Å². The second kappa shape index (κ2) is 5.53. The molecule has 15 heavy (non-hydrogen) atoms. The Balaban J connectivity index is 2.34. The van der Waals surface area contributed by atoms with Crippen LogP contribution in [-0.2, 0) is 0 Å². The van der Waals surface area contributed by atoms with Crippen LogP contribution in [-0.4, -0.2) is 35.5 Å². The van der Waals surface area contributed by atoms with Crippen LogP contribution < -0.4 is 0 Å². The molecule has 1 nitrogen and oxygen atoms in total. The van der Waals surface area contributed by atoms with E-state index in [1.54, 1.807) is 0 Å². The zero-order valence-corrected chi connectivity index (χ0v) is 10.4. The van der Waals surface area contributed by atoms with E-state index in [2.05, 4.69) is 15.9 Å². The van der Waals surface area contributed by atoms with E-state index < -0.39 is 11.0 Å². The minimum absolute atomic E-state index is 0.0772. The van der Waals surface area contributed by atoms with E-state index in [-0.39, 0.29) is 6.54 Å². The van der Waals surface area contributed by atoms with Crippen molar-refractivity contribution in [2.24, 2.45) is 5.92 Å². The van der Waals surface area contributed by atoms with Gasteiger partial charge in [-0.25, -0.2) is 0 Å². The Morgan fingerprint density at radius 3 is 2.40 bits per heavy atom. The number of rotatable bonds is 6. The van der Waals surface area contributed by atoms with Crippen LogP contribution in [0.15, 0.2) is 0 Å². The number of nitrogens with zero attached hydrogens (tertiary/aromatic N) is 1. The maximum absolute atomic E-state index is 12.3. The van der Waals surface area contributed by atoms with Gasteiger partial charge in [0.15, 0.2) is 0 Å². The summed E-state index contributed by atoms with van der Waals surface area (Å²) in [5.41, 5.74) is 0. The Morgan fingerprint density at radius 1 is 1.40 bits per heavy atom. The second-order valence-corrected chi connectivity index (χ2v) is 5.32. The molecule has 0 radical (unpaired) electrons. The number of alkyl halides is 4. The van der Waals surface area contributed by atoms with Gasteiger partial charge in [0.25, 0.3) is 0 Å². The molecular formula is C10H17BrF3N. The Kier molecular flexibility index (Phi) is 4.90. The van der Waals surface area contributed by atoms with Crippen LogP contribution in [0.1, 0.15) is 26.2 Å². The smallest absolute Gasteiger partial charge is 0.302 e. The van der Waals surface area contributed by atoms with Crippen molar-refractivity contribution in [3.63, 3.8) is 0 Å². The van der Waals surface area contributed by atoms with Gasteiger partial charge in [-0.05, 0) is 31.7 Å². The molecule has 0 spiro atoms. The van der Waals surface area contributed by atoms with Gasteiger partial charge in [0.2, 0.25) is 0 Å². The summed E-state index contributed by atoms with van der Waals surface area (Å²) in [5.74, 6) is 0.643. The molecule has 0 aliphatic heterocycles. The average Bonchev–Trinajstić information content (AvgIpc) is 2.86. The Hall–Kier alpha value is 0.230. The van der Waals surface area contributed by atoms with Crippen LogP contribution in [0, 0.1) is 5.92 Å². The number of halogens is 4. The summed E-state index contributed by atoms with van der Waals surface area (Å²) in [6.45, 7) is 3.66. The third-order valence-electron chi connectivity index (χ3n) is 2.53. The van der Waals surface area contributed by atoms with Gasteiger partial charge < -0.3 is 4.90 Å². The van der Waals surface area contributed by atoms with Crippen molar-refractivity contribution < 1.29 is 13.2 Å². The highest BCUT2D eigenvalue weighted by Gasteiger charge is 2.39. The number of hydrogen-bond donors (Lipinski definition) is 0. The average molecular weight is 288 g/mol. The minimum Gasteiger partial charge on any atom is -0.302 e. The first-order valence-corrected chi connectivity index (χ1v) is 6.28. The monoisotopic (exact) mass is 287 g/mol. The third-order valence-corrected chi connectivity index (χ3v) is 3.34.